The molecule has 3 aliphatic carbocycles. The fraction of sp³-hybridized carbons (Fsp3) is 0.667. The molecule has 2 amide bonds. The molecule has 1 spiro atoms. The van der Waals surface area contributed by atoms with E-state index in [0.29, 0.717) is 43.7 Å². The van der Waals surface area contributed by atoms with E-state index in [1.165, 1.54) is 31.2 Å². The molecule has 3 aromatic heterocycles. The molecule has 8 fully saturated rings. The van der Waals surface area contributed by atoms with Crippen LogP contribution in [0.2, 0.25) is 0 Å². The highest BCUT2D eigenvalue weighted by molar-refractivity contribution is 7.10. The number of ether oxygens (including phenoxy) is 2. The molecule has 80 heavy (non-hydrogen) atoms. The molecule has 6 bridgehead atoms. The quantitative estimate of drug-likeness (QED) is 0.104. The summed E-state index contributed by atoms with van der Waals surface area (Å²) in [5.41, 5.74) is 12.3. The van der Waals surface area contributed by atoms with Crippen LogP contribution in [0.1, 0.15) is 127 Å². The Morgan fingerprint density at radius 2 is 1.76 bits per heavy atom. The molecule has 9 heterocycles. The second-order valence-electron chi connectivity index (χ2n) is 26.5. The zero-order chi connectivity index (χ0) is 55.2. The first-order chi connectivity index (χ1) is 38.7. The number of aryl methyl sites for hydroxylation is 1. The molecule has 5 saturated heterocycles. The molecule has 4 aromatic rings. The van der Waals surface area contributed by atoms with Crippen molar-refractivity contribution in [2.75, 3.05) is 84.6 Å². The molecule has 8 atom stereocenters. The summed E-state index contributed by atoms with van der Waals surface area (Å²) in [5, 5.41) is 9.84. The third kappa shape index (κ3) is 10.5. The topological polar surface area (TPSA) is 144 Å². The van der Waals surface area contributed by atoms with Gasteiger partial charge < -0.3 is 34.2 Å². The molecule has 0 radical (unpaired) electrons. The molecule has 3 saturated carbocycles. The minimum absolute atomic E-state index is 0.00984. The van der Waals surface area contributed by atoms with Gasteiger partial charge in [0, 0.05) is 128 Å². The van der Waals surface area contributed by atoms with E-state index in [1.807, 2.05) is 11.2 Å². The number of fused-ring (bicyclic) bond motifs is 6. The van der Waals surface area contributed by atoms with Crippen LogP contribution in [-0.4, -0.2) is 173 Å². The minimum Gasteiger partial charge on any atom is -0.464 e. The fourth-order valence-corrected chi connectivity index (χ4v) is 16.3. The molecule has 6 aliphatic heterocycles. The van der Waals surface area contributed by atoms with E-state index in [9.17, 15) is 9.59 Å². The standard InChI is InChI=1S/C63H87N11O5S/c1-8-73-52-20-17-43-30-46(52)48(57(73)47-31-45(34-64-54(47)40(3)78-7)70-28-26-69(27-29-70)44-18-19-44)33-62(4,5)38-79-61(77)49-14-11-23-74(67-49)39(2)50(32-53-65-51(43)35-80-53)66-59(75)56(41-12-9-10-13-41)71-24-21-63(36-71)22-25-72(37-63)60(76)58-55(68(58)6)42-15-16-42/h17,20,30-31,34-35,40-42,44,49-50,55-56,58,67H,2,8-16,18-19,21-29,32-33,36-38H2,1,3-7H3,(H,66,75)/t40-,49-,50-,55+,56-,58+,63-,68?/m0/s1. The van der Waals surface area contributed by atoms with Crippen LogP contribution in [-0.2, 0) is 43.2 Å². The summed E-state index contributed by atoms with van der Waals surface area (Å²) in [7, 11) is 3.88. The lowest BCUT2D eigenvalue weighted by atomic mass is 9.84. The van der Waals surface area contributed by atoms with Crippen molar-refractivity contribution in [2.45, 2.75) is 166 Å². The number of anilines is 1. The Bertz CT molecular complexity index is 3010. The SMILES string of the molecule is C=C1[C@@H](NC(=O)[C@H](C2CCCC2)N2CC[C@]3(CCN(C(=O)[C@H]4[C@@H](C5CC5)N4C)C3)C2)Cc2nc(cs2)-c2ccc3c(c2)c(c(-c2cc(N4CCN(C5CC5)CC4)cnc2[C@H](C)OC)n3CC)CC(C)(C)COC(=O)[C@@H]2CCCN1N2. The molecule has 13 rings (SSSR count). The summed E-state index contributed by atoms with van der Waals surface area (Å²) in [6, 6.07) is 9.04. The molecule has 9 aliphatic rings. The lowest BCUT2D eigenvalue weighted by Crippen LogP contribution is -2.58. The number of hydrogen-bond donors (Lipinski definition) is 2. The third-order valence-electron chi connectivity index (χ3n) is 20.4. The summed E-state index contributed by atoms with van der Waals surface area (Å²) in [5.74, 6) is 1.03. The number of rotatable bonds is 12. The van der Waals surface area contributed by atoms with Crippen molar-refractivity contribution in [2.24, 2.45) is 22.7 Å². The Balaban J connectivity index is 0.819. The van der Waals surface area contributed by atoms with E-state index in [1.54, 1.807) is 18.4 Å². The number of amides is 2. The van der Waals surface area contributed by atoms with Crippen molar-refractivity contribution >= 4 is 45.7 Å². The minimum atomic E-state index is -0.569. The highest BCUT2D eigenvalue weighted by atomic mass is 32.1. The number of pyridine rings is 1. The van der Waals surface area contributed by atoms with E-state index < -0.39 is 17.5 Å². The zero-order valence-corrected chi connectivity index (χ0v) is 49.3. The Morgan fingerprint density at radius 3 is 2.51 bits per heavy atom. The van der Waals surface area contributed by atoms with Crippen molar-refractivity contribution in [1.29, 1.82) is 0 Å². The van der Waals surface area contributed by atoms with Crippen LogP contribution in [0.15, 0.2) is 48.1 Å². The number of hydrogen-bond acceptors (Lipinski definition) is 14. The molecular formula is C63H87N11O5S. The van der Waals surface area contributed by atoms with Gasteiger partial charge in [0.15, 0.2) is 0 Å². The Morgan fingerprint density at radius 1 is 0.975 bits per heavy atom. The predicted octanol–water partition coefficient (Wildman–Crippen LogP) is 8.05. The predicted molar refractivity (Wildman–Crippen MR) is 314 cm³/mol. The maximum Gasteiger partial charge on any atom is 0.324 e. The molecule has 1 aromatic carbocycles. The van der Waals surface area contributed by atoms with Gasteiger partial charge in [-0.1, -0.05) is 39.3 Å². The average molecular weight is 1110 g/mol. The van der Waals surface area contributed by atoms with Gasteiger partial charge in [-0.3, -0.25) is 34.1 Å². The first-order valence-corrected chi connectivity index (χ1v) is 31.6. The summed E-state index contributed by atoms with van der Waals surface area (Å²) < 4.78 is 14.9. The summed E-state index contributed by atoms with van der Waals surface area (Å²) in [6.07, 6.45) is 15.7. The monoisotopic (exact) mass is 1110 g/mol. The molecule has 1 unspecified atom stereocenters. The zero-order valence-electron chi connectivity index (χ0n) is 48.5. The number of aromatic nitrogens is 3. The van der Waals surface area contributed by atoms with E-state index in [0.717, 1.165) is 165 Å². The first-order valence-electron chi connectivity index (χ1n) is 30.7. The van der Waals surface area contributed by atoms with Crippen LogP contribution in [0.4, 0.5) is 5.69 Å². The number of likely N-dealkylation sites (N-methyl/N-ethyl adjacent to an activating group) is 1. The summed E-state index contributed by atoms with van der Waals surface area (Å²) >= 11 is 1.62. The number of hydrazine groups is 1. The van der Waals surface area contributed by atoms with Crippen LogP contribution >= 0.6 is 11.3 Å². The smallest absolute Gasteiger partial charge is 0.324 e. The van der Waals surface area contributed by atoms with Crippen molar-refractivity contribution in [3.8, 4) is 22.5 Å². The van der Waals surface area contributed by atoms with Crippen molar-refractivity contribution in [3.63, 3.8) is 0 Å². The van der Waals surface area contributed by atoms with Gasteiger partial charge in [0.05, 0.1) is 58.8 Å². The van der Waals surface area contributed by atoms with Gasteiger partial charge in [-0.05, 0) is 134 Å². The van der Waals surface area contributed by atoms with E-state index in [4.69, 9.17) is 26.0 Å². The van der Waals surface area contributed by atoms with E-state index in [-0.39, 0.29) is 48.0 Å². The number of esters is 1. The molecule has 17 heteroatoms. The average Bonchev–Trinajstić information content (AvgIpc) is 4.49. The Kier molecular flexibility index (Phi) is 14.7. The van der Waals surface area contributed by atoms with Crippen LogP contribution in [0.3, 0.4) is 0 Å². The molecule has 16 nitrogen and oxygen atoms in total. The number of nitrogens with zero attached hydrogens (tertiary/aromatic N) is 9. The number of benzene rings is 1. The maximum atomic E-state index is 15.4. The number of carbonyl (C=O) groups is 3. The van der Waals surface area contributed by atoms with Crippen LogP contribution < -0.4 is 15.6 Å². The first kappa shape index (κ1) is 54.3. The van der Waals surface area contributed by atoms with E-state index >= 15 is 4.79 Å². The number of methoxy groups -OCH3 is 1. The van der Waals surface area contributed by atoms with Crippen molar-refractivity contribution in [1.82, 2.24) is 49.9 Å². The molecular weight excluding hydrogens is 1020 g/mol. The maximum absolute atomic E-state index is 15.4. The fourth-order valence-electron chi connectivity index (χ4n) is 15.4. The number of piperazine rings is 1. The van der Waals surface area contributed by atoms with Gasteiger partial charge in [0.2, 0.25) is 11.8 Å². The summed E-state index contributed by atoms with van der Waals surface area (Å²) in [4.78, 5) is 66.4. The normalized spacial score (nSPS) is 29.6. The second-order valence-corrected chi connectivity index (χ2v) is 27.5. The highest BCUT2D eigenvalue weighted by Gasteiger charge is 2.59. The highest BCUT2D eigenvalue weighted by Crippen LogP contribution is 2.49. The largest absolute Gasteiger partial charge is 0.464 e. The summed E-state index contributed by atoms with van der Waals surface area (Å²) in [6.45, 7) is 22.4. The van der Waals surface area contributed by atoms with Crippen LogP contribution in [0, 0.1) is 22.7 Å². The lowest BCUT2D eigenvalue weighted by molar-refractivity contribution is -0.152. The van der Waals surface area contributed by atoms with Crippen molar-refractivity contribution in [3.05, 3.63) is 64.4 Å². The van der Waals surface area contributed by atoms with Crippen molar-refractivity contribution < 1.29 is 23.9 Å². The second kappa shape index (κ2) is 21.7. The Hall–Kier alpha value is -4.91. The number of nitrogens with one attached hydrogen (secondary N) is 2. The third-order valence-corrected chi connectivity index (χ3v) is 21.2. The van der Waals surface area contributed by atoms with Gasteiger partial charge in [-0.2, -0.15) is 0 Å². The van der Waals surface area contributed by atoms with Gasteiger partial charge in [0.1, 0.15) is 12.1 Å². The van der Waals surface area contributed by atoms with Gasteiger partial charge in [0.25, 0.3) is 0 Å². The molecule has 2 N–H and O–H groups in total. The van der Waals surface area contributed by atoms with Crippen LogP contribution in [0.5, 0.6) is 0 Å². The number of cyclic esters (lactones) is 1. The van der Waals surface area contributed by atoms with Gasteiger partial charge in [-0.25, -0.2) is 10.4 Å². The lowest BCUT2D eigenvalue weighted by Gasteiger charge is -2.39. The van der Waals surface area contributed by atoms with Gasteiger partial charge >= 0.3 is 5.97 Å². The van der Waals surface area contributed by atoms with Crippen LogP contribution in [0.25, 0.3) is 33.4 Å². The van der Waals surface area contributed by atoms with E-state index in [2.05, 4.69) is 104 Å². The number of thiazole rings is 1. The number of carbonyl (C=O) groups excluding carboxylic acids is 3. The molecule has 430 valence electrons. The Labute approximate surface area is 477 Å². The van der Waals surface area contributed by atoms with Gasteiger partial charge in [-0.15, -0.1) is 11.3 Å². The number of likely N-dealkylation sites (tertiary alicyclic amines) is 2.